The van der Waals surface area contributed by atoms with Crippen LogP contribution in [0.1, 0.15) is 0 Å². The molecule has 0 bridgehead atoms. The molecule has 0 aliphatic carbocycles. The molecular formula is C22H19N3O3. The number of methoxy groups -OCH3 is 2. The Morgan fingerprint density at radius 2 is 1.61 bits per heavy atom. The zero-order valence-electron chi connectivity index (χ0n) is 15.5. The van der Waals surface area contributed by atoms with E-state index < -0.39 is 0 Å². The smallest absolute Gasteiger partial charge is 0.211 e. The van der Waals surface area contributed by atoms with Gasteiger partial charge >= 0.3 is 0 Å². The molecule has 4 rings (SSSR count). The van der Waals surface area contributed by atoms with Crippen molar-refractivity contribution in [1.82, 2.24) is 9.38 Å². The van der Waals surface area contributed by atoms with Crippen molar-refractivity contribution in [2.45, 2.75) is 0 Å². The van der Waals surface area contributed by atoms with E-state index in [1.807, 2.05) is 65.2 Å². The summed E-state index contributed by atoms with van der Waals surface area (Å²) in [5.41, 5.74) is 4.83. The lowest BCUT2D eigenvalue weighted by atomic mass is 10.1. The van der Waals surface area contributed by atoms with Crippen LogP contribution in [0.2, 0.25) is 0 Å². The average molecular weight is 373 g/mol. The molecule has 1 N–H and O–H groups in total. The van der Waals surface area contributed by atoms with E-state index in [9.17, 15) is 4.79 Å². The standard InChI is InChI=1S/C22H19N3O3/c1-27-20-9-5-3-7-16(20)15-11-18(24-14-26)22-23-12-19(25(22)13-15)17-8-4-6-10-21(17)28-2/h3-14H,1-2H3,(H,24,26). The second-order valence-electron chi connectivity index (χ2n) is 6.14. The van der Waals surface area contributed by atoms with Crippen LogP contribution in [0.15, 0.2) is 67.0 Å². The van der Waals surface area contributed by atoms with E-state index in [0.29, 0.717) is 17.7 Å². The molecule has 2 aromatic heterocycles. The molecule has 0 saturated carbocycles. The van der Waals surface area contributed by atoms with Crippen LogP contribution < -0.4 is 14.8 Å². The monoisotopic (exact) mass is 373 g/mol. The molecule has 2 aromatic carbocycles. The van der Waals surface area contributed by atoms with E-state index in [0.717, 1.165) is 33.9 Å². The summed E-state index contributed by atoms with van der Waals surface area (Å²) in [4.78, 5) is 15.7. The third kappa shape index (κ3) is 2.95. The molecule has 6 heteroatoms. The van der Waals surface area contributed by atoms with Gasteiger partial charge in [-0.3, -0.25) is 9.20 Å². The van der Waals surface area contributed by atoms with Gasteiger partial charge in [-0.2, -0.15) is 0 Å². The third-order valence-corrected chi connectivity index (χ3v) is 4.62. The SMILES string of the molecule is COc1ccccc1-c1cc(NC=O)c2ncc(-c3ccccc3OC)n2c1. The van der Waals surface area contributed by atoms with Gasteiger partial charge in [0.05, 0.1) is 31.8 Å². The third-order valence-electron chi connectivity index (χ3n) is 4.62. The number of ether oxygens (including phenoxy) is 2. The fraction of sp³-hybridized carbons (Fsp3) is 0.0909. The van der Waals surface area contributed by atoms with E-state index in [1.165, 1.54) is 0 Å². The highest BCUT2D eigenvalue weighted by Crippen LogP contribution is 2.36. The minimum absolute atomic E-state index is 0.611. The number of para-hydroxylation sites is 2. The number of anilines is 1. The summed E-state index contributed by atoms with van der Waals surface area (Å²) in [6, 6.07) is 17.4. The Hall–Kier alpha value is -3.80. The van der Waals surface area contributed by atoms with Crippen LogP contribution in [0.5, 0.6) is 11.5 Å². The number of aromatic nitrogens is 2. The van der Waals surface area contributed by atoms with E-state index >= 15 is 0 Å². The van der Waals surface area contributed by atoms with Crippen LogP contribution in [0.3, 0.4) is 0 Å². The molecule has 0 fully saturated rings. The van der Waals surface area contributed by atoms with Gasteiger partial charge in [0.1, 0.15) is 11.5 Å². The van der Waals surface area contributed by atoms with E-state index in [1.54, 1.807) is 20.4 Å². The maximum atomic E-state index is 11.2. The van der Waals surface area contributed by atoms with Gasteiger partial charge < -0.3 is 14.8 Å². The summed E-state index contributed by atoms with van der Waals surface area (Å²) in [6.45, 7) is 0. The molecule has 0 spiro atoms. The molecule has 6 nitrogen and oxygen atoms in total. The lowest BCUT2D eigenvalue weighted by molar-refractivity contribution is -0.105. The largest absolute Gasteiger partial charge is 0.496 e. The number of nitrogens with one attached hydrogen (secondary N) is 1. The van der Waals surface area contributed by atoms with Gasteiger partial charge in [-0.1, -0.05) is 30.3 Å². The Labute approximate surface area is 162 Å². The van der Waals surface area contributed by atoms with Crippen molar-refractivity contribution < 1.29 is 14.3 Å². The van der Waals surface area contributed by atoms with Gasteiger partial charge in [0, 0.05) is 22.9 Å². The quantitative estimate of drug-likeness (QED) is 0.513. The number of amides is 1. The normalized spacial score (nSPS) is 10.6. The first-order valence-electron chi connectivity index (χ1n) is 8.75. The zero-order valence-corrected chi connectivity index (χ0v) is 15.5. The van der Waals surface area contributed by atoms with Crippen LogP contribution in [-0.4, -0.2) is 30.0 Å². The maximum absolute atomic E-state index is 11.2. The number of hydrogen-bond donors (Lipinski definition) is 1. The van der Waals surface area contributed by atoms with Crippen molar-refractivity contribution in [3.63, 3.8) is 0 Å². The molecule has 1 amide bonds. The van der Waals surface area contributed by atoms with E-state index in [-0.39, 0.29) is 0 Å². The summed E-state index contributed by atoms with van der Waals surface area (Å²) in [5, 5.41) is 2.76. The minimum Gasteiger partial charge on any atom is -0.496 e. The molecule has 0 atom stereocenters. The summed E-state index contributed by atoms with van der Waals surface area (Å²) in [6.07, 6.45) is 4.41. The lowest BCUT2D eigenvalue weighted by Crippen LogP contribution is -2.00. The van der Waals surface area contributed by atoms with Gasteiger partial charge in [-0.25, -0.2) is 4.98 Å². The Kier molecular flexibility index (Phi) is 4.68. The molecule has 0 radical (unpaired) electrons. The van der Waals surface area contributed by atoms with Gasteiger partial charge in [-0.15, -0.1) is 0 Å². The van der Waals surface area contributed by atoms with Crippen LogP contribution in [0.4, 0.5) is 5.69 Å². The topological polar surface area (TPSA) is 64.9 Å². The van der Waals surface area contributed by atoms with Crippen molar-refractivity contribution in [2.75, 3.05) is 19.5 Å². The number of hydrogen-bond acceptors (Lipinski definition) is 4. The number of carbonyl (C=O) groups is 1. The number of carbonyl (C=O) groups excluding carboxylic acids is 1. The molecule has 0 saturated heterocycles. The first-order valence-corrected chi connectivity index (χ1v) is 8.75. The highest BCUT2D eigenvalue weighted by atomic mass is 16.5. The number of pyridine rings is 1. The van der Waals surface area contributed by atoms with Gasteiger partial charge in [0.2, 0.25) is 6.41 Å². The number of benzene rings is 2. The number of imidazole rings is 1. The molecule has 0 aliphatic rings. The Balaban J connectivity index is 2.00. The molecule has 0 unspecified atom stereocenters. The average Bonchev–Trinajstić information content (AvgIpc) is 3.18. The van der Waals surface area contributed by atoms with Crippen molar-refractivity contribution in [3.8, 4) is 33.9 Å². The summed E-state index contributed by atoms with van der Waals surface area (Å²) in [5.74, 6) is 1.50. The molecule has 2 heterocycles. The van der Waals surface area contributed by atoms with Gasteiger partial charge in [0.25, 0.3) is 0 Å². The van der Waals surface area contributed by atoms with Crippen molar-refractivity contribution in [3.05, 3.63) is 67.0 Å². The summed E-state index contributed by atoms with van der Waals surface area (Å²) in [7, 11) is 3.28. The van der Waals surface area contributed by atoms with Crippen LogP contribution in [0.25, 0.3) is 28.0 Å². The lowest BCUT2D eigenvalue weighted by Gasteiger charge is -2.13. The van der Waals surface area contributed by atoms with Gasteiger partial charge in [0.15, 0.2) is 5.65 Å². The van der Waals surface area contributed by atoms with E-state index in [4.69, 9.17) is 9.47 Å². The summed E-state index contributed by atoms with van der Waals surface area (Å²) >= 11 is 0. The zero-order chi connectivity index (χ0) is 19.5. The fourth-order valence-corrected chi connectivity index (χ4v) is 3.34. The molecule has 0 aliphatic heterocycles. The molecule has 4 aromatic rings. The summed E-state index contributed by atoms with van der Waals surface area (Å²) < 4.78 is 13.0. The van der Waals surface area contributed by atoms with Crippen LogP contribution >= 0.6 is 0 Å². The highest BCUT2D eigenvalue weighted by molar-refractivity contribution is 5.87. The Morgan fingerprint density at radius 1 is 0.964 bits per heavy atom. The number of fused-ring (bicyclic) bond motifs is 1. The highest BCUT2D eigenvalue weighted by Gasteiger charge is 2.16. The second kappa shape index (κ2) is 7.44. The number of rotatable bonds is 6. The predicted octanol–water partition coefficient (Wildman–Crippen LogP) is 4.25. The van der Waals surface area contributed by atoms with E-state index in [2.05, 4.69) is 10.3 Å². The van der Waals surface area contributed by atoms with Crippen molar-refractivity contribution in [1.29, 1.82) is 0 Å². The fourth-order valence-electron chi connectivity index (χ4n) is 3.34. The minimum atomic E-state index is 0.611. The second-order valence-corrected chi connectivity index (χ2v) is 6.14. The Bertz CT molecular complexity index is 1150. The number of nitrogens with zero attached hydrogens (tertiary/aromatic N) is 2. The predicted molar refractivity (Wildman–Crippen MR) is 109 cm³/mol. The first kappa shape index (κ1) is 17.6. The maximum Gasteiger partial charge on any atom is 0.211 e. The molecule has 28 heavy (non-hydrogen) atoms. The van der Waals surface area contributed by atoms with Gasteiger partial charge in [-0.05, 0) is 24.3 Å². The van der Waals surface area contributed by atoms with Crippen molar-refractivity contribution in [2.24, 2.45) is 0 Å². The first-order chi connectivity index (χ1) is 13.8. The molecular weight excluding hydrogens is 354 g/mol. The van der Waals surface area contributed by atoms with Crippen LogP contribution in [-0.2, 0) is 4.79 Å². The Morgan fingerprint density at radius 3 is 2.29 bits per heavy atom. The van der Waals surface area contributed by atoms with Crippen LogP contribution in [0, 0.1) is 0 Å². The molecule has 140 valence electrons. The van der Waals surface area contributed by atoms with Crippen molar-refractivity contribution >= 4 is 17.7 Å².